The van der Waals surface area contributed by atoms with E-state index in [2.05, 4.69) is 0 Å². The fourth-order valence-corrected chi connectivity index (χ4v) is 2.55. The summed E-state index contributed by atoms with van der Waals surface area (Å²) in [5.41, 5.74) is -0.837. The molecule has 0 aliphatic rings. The molecule has 0 radical (unpaired) electrons. The summed E-state index contributed by atoms with van der Waals surface area (Å²) in [6.45, 7) is 0. The first-order chi connectivity index (χ1) is 9.49. The minimum atomic E-state index is -1.36. The Morgan fingerprint density at radius 3 is 2.40 bits per heavy atom. The molecule has 0 unspecified atom stereocenters. The average Bonchev–Trinajstić information content (AvgIpc) is 2.40. The molecule has 2 aromatic carbocycles. The highest BCUT2D eigenvalue weighted by molar-refractivity contribution is 7.99. The van der Waals surface area contributed by atoms with Crippen molar-refractivity contribution >= 4 is 23.4 Å². The van der Waals surface area contributed by atoms with Gasteiger partial charge in [0.1, 0.15) is 11.4 Å². The first-order valence-corrected chi connectivity index (χ1v) is 6.25. The fraction of sp³-hybridized carbons (Fsp3) is 0. The lowest BCUT2D eigenvalue weighted by Gasteiger charge is -2.05. The zero-order chi connectivity index (χ0) is 14.7. The van der Waals surface area contributed by atoms with Crippen molar-refractivity contribution < 1.29 is 19.2 Å². The third kappa shape index (κ3) is 2.94. The van der Waals surface area contributed by atoms with Gasteiger partial charge in [-0.1, -0.05) is 17.8 Å². The molecule has 2 rings (SSSR count). The van der Waals surface area contributed by atoms with E-state index in [4.69, 9.17) is 5.11 Å². The van der Waals surface area contributed by atoms with Crippen molar-refractivity contribution in [2.75, 3.05) is 0 Å². The van der Waals surface area contributed by atoms with Gasteiger partial charge < -0.3 is 5.11 Å². The van der Waals surface area contributed by atoms with Crippen LogP contribution in [-0.2, 0) is 0 Å². The van der Waals surface area contributed by atoms with Crippen LogP contribution in [-0.4, -0.2) is 16.0 Å². The Bertz CT molecular complexity index is 673. The summed E-state index contributed by atoms with van der Waals surface area (Å²) in [7, 11) is 0. The van der Waals surface area contributed by atoms with Gasteiger partial charge in [0.25, 0.3) is 5.69 Å². The molecule has 102 valence electrons. The van der Waals surface area contributed by atoms with E-state index < -0.39 is 22.4 Å². The third-order valence-corrected chi connectivity index (χ3v) is 3.51. The first-order valence-electron chi connectivity index (χ1n) is 5.43. The van der Waals surface area contributed by atoms with Gasteiger partial charge in [-0.15, -0.1) is 0 Å². The maximum absolute atomic E-state index is 12.8. The van der Waals surface area contributed by atoms with Crippen LogP contribution >= 0.6 is 11.8 Å². The van der Waals surface area contributed by atoms with Crippen LogP contribution in [0.4, 0.5) is 10.1 Å². The van der Waals surface area contributed by atoms with E-state index in [0.717, 1.165) is 11.8 Å². The highest BCUT2D eigenvalue weighted by Crippen LogP contribution is 2.36. The second kappa shape index (κ2) is 5.70. The van der Waals surface area contributed by atoms with Crippen LogP contribution in [0.1, 0.15) is 10.4 Å². The van der Waals surface area contributed by atoms with Crippen LogP contribution < -0.4 is 0 Å². The van der Waals surface area contributed by atoms with Crippen molar-refractivity contribution in [3.05, 3.63) is 64.0 Å². The summed E-state index contributed by atoms with van der Waals surface area (Å²) in [5.74, 6) is -1.78. The Morgan fingerprint density at radius 1 is 1.20 bits per heavy atom. The number of halogens is 1. The van der Waals surface area contributed by atoms with Gasteiger partial charge in [-0.05, 0) is 36.4 Å². The standard InChI is InChI=1S/C13H8FNO4S/c14-8-4-6-9(7-5-8)20-11-3-1-2-10(13(16)17)12(11)15(18)19/h1-7H,(H,16,17). The molecule has 0 bridgehead atoms. The predicted molar refractivity (Wildman–Crippen MR) is 70.6 cm³/mol. The number of benzene rings is 2. The lowest BCUT2D eigenvalue weighted by molar-refractivity contribution is -0.388. The topological polar surface area (TPSA) is 80.4 Å². The molecule has 0 spiro atoms. The first kappa shape index (κ1) is 14.0. The third-order valence-electron chi connectivity index (χ3n) is 2.45. The minimum absolute atomic E-state index is 0.196. The Morgan fingerprint density at radius 2 is 1.85 bits per heavy atom. The van der Waals surface area contributed by atoms with Crippen LogP contribution in [0.25, 0.3) is 0 Å². The van der Waals surface area contributed by atoms with Crippen LogP contribution in [0.5, 0.6) is 0 Å². The van der Waals surface area contributed by atoms with E-state index in [9.17, 15) is 19.3 Å². The zero-order valence-corrected chi connectivity index (χ0v) is 10.8. The molecule has 0 heterocycles. The predicted octanol–water partition coefficient (Wildman–Crippen LogP) is 3.58. The second-order valence-corrected chi connectivity index (χ2v) is 4.89. The largest absolute Gasteiger partial charge is 0.477 e. The molecule has 0 aliphatic heterocycles. The molecule has 7 heteroatoms. The Labute approximate surface area is 117 Å². The Balaban J connectivity index is 2.46. The van der Waals surface area contributed by atoms with E-state index in [0.29, 0.717) is 4.90 Å². The number of nitrogens with zero attached hydrogens (tertiary/aromatic N) is 1. The van der Waals surface area contributed by atoms with E-state index in [1.165, 1.54) is 42.5 Å². The minimum Gasteiger partial charge on any atom is -0.477 e. The molecule has 20 heavy (non-hydrogen) atoms. The second-order valence-electron chi connectivity index (χ2n) is 3.77. The molecule has 0 atom stereocenters. The summed E-state index contributed by atoms with van der Waals surface area (Å²) in [6, 6.07) is 9.47. The van der Waals surface area contributed by atoms with Gasteiger partial charge in [-0.25, -0.2) is 9.18 Å². The number of hydrogen-bond acceptors (Lipinski definition) is 4. The number of nitro groups is 1. The number of aromatic carboxylic acids is 1. The maximum atomic E-state index is 12.8. The summed E-state index contributed by atoms with van der Waals surface area (Å²) in [6.07, 6.45) is 0. The molecule has 0 fully saturated rings. The van der Waals surface area contributed by atoms with E-state index in [1.807, 2.05) is 0 Å². The van der Waals surface area contributed by atoms with Crippen molar-refractivity contribution in [1.82, 2.24) is 0 Å². The molecule has 0 saturated heterocycles. The van der Waals surface area contributed by atoms with Crippen molar-refractivity contribution in [2.45, 2.75) is 9.79 Å². The van der Waals surface area contributed by atoms with Gasteiger partial charge in [0.15, 0.2) is 0 Å². The van der Waals surface area contributed by atoms with Crippen LogP contribution in [0, 0.1) is 15.9 Å². The van der Waals surface area contributed by atoms with Crippen molar-refractivity contribution in [3.63, 3.8) is 0 Å². The summed E-state index contributed by atoms with van der Waals surface area (Å²) in [5, 5.41) is 20.0. The lowest BCUT2D eigenvalue weighted by Crippen LogP contribution is -2.03. The van der Waals surface area contributed by atoms with Crippen molar-refractivity contribution in [3.8, 4) is 0 Å². The van der Waals surface area contributed by atoms with Gasteiger partial charge in [-0.2, -0.15) is 0 Å². The lowest BCUT2D eigenvalue weighted by atomic mass is 10.2. The van der Waals surface area contributed by atoms with Crippen molar-refractivity contribution in [1.29, 1.82) is 0 Å². The number of nitro benzene ring substituents is 1. The Hall–Kier alpha value is -2.41. The van der Waals surface area contributed by atoms with Gasteiger partial charge in [0.05, 0.1) is 9.82 Å². The smallest absolute Gasteiger partial charge is 0.342 e. The number of hydrogen-bond donors (Lipinski definition) is 1. The number of carbonyl (C=O) groups is 1. The summed E-state index contributed by atoms with van der Waals surface area (Å²) in [4.78, 5) is 22.1. The SMILES string of the molecule is O=C(O)c1cccc(Sc2ccc(F)cc2)c1[N+](=O)[O-]. The van der Waals surface area contributed by atoms with Gasteiger partial charge in [0.2, 0.25) is 0 Å². The molecule has 5 nitrogen and oxygen atoms in total. The zero-order valence-electron chi connectivity index (χ0n) is 9.95. The van der Waals surface area contributed by atoms with E-state index >= 15 is 0 Å². The average molecular weight is 293 g/mol. The van der Waals surface area contributed by atoms with Gasteiger partial charge in [0, 0.05) is 4.90 Å². The molecule has 1 N–H and O–H groups in total. The number of carboxylic acid groups (broad SMARTS) is 1. The summed E-state index contributed by atoms with van der Waals surface area (Å²) < 4.78 is 12.8. The molecular weight excluding hydrogens is 285 g/mol. The maximum Gasteiger partial charge on any atom is 0.342 e. The monoisotopic (exact) mass is 293 g/mol. The number of rotatable bonds is 4. The van der Waals surface area contributed by atoms with Crippen LogP contribution in [0.2, 0.25) is 0 Å². The summed E-state index contributed by atoms with van der Waals surface area (Å²) >= 11 is 1.01. The quantitative estimate of drug-likeness (QED) is 0.688. The fourth-order valence-electron chi connectivity index (χ4n) is 1.60. The van der Waals surface area contributed by atoms with Gasteiger partial charge in [-0.3, -0.25) is 10.1 Å². The molecule has 2 aromatic rings. The number of para-hydroxylation sites is 1. The van der Waals surface area contributed by atoms with Crippen molar-refractivity contribution in [2.24, 2.45) is 0 Å². The van der Waals surface area contributed by atoms with E-state index in [1.54, 1.807) is 0 Å². The molecule has 0 saturated carbocycles. The number of carboxylic acids is 1. The highest BCUT2D eigenvalue weighted by atomic mass is 32.2. The van der Waals surface area contributed by atoms with Crippen LogP contribution in [0.15, 0.2) is 52.3 Å². The van der Waals surface area contributed by atoms with E-state index in [-0.39, 0.29) is 10.5 Å². The van der Waals surface area contributed by atoms with Crippen LogP contribution in [0.3, 0.4) is 0 Å². The molecular formula is C13H8FNO4S. The van der Waals surface area contributed by atoms with Gasteiger partial charge >= 0.3 is 5.97 Å². The highest BCUT2D eigenvalue weighted by Gasteiger charge is 2.24. The normalized spacial score (nSPS) is 10.2. The Kier molecular flexibility index (Phi) is 3.99. The molecule has 0 amide bonds. The molecule has 0 aliphatic carbocycles. The molecule has 0 aromatic heterocycles.